The van der Waals surface area contributed by atoms with Crippen LogP contribution >= 0.6 is 0 Å². The van der Waals surface area contributed by atoms with Crippen LogP contribution in [0.25, 0.3) is 22.0 Å². The van der Waals surface area contributed by atoms with Crippen LogP contribution in [0.15, 0.2) is 79.1 Å². The van der Waals surface area contributed by atoms with Crippen molar-refractivity contribution in [2.45, 2.75) is 26.3 Å². The summed E-state index contributed by atoms with van der Waals surface area (Å²) in [4.78, 5) is 23.4. The van der Waals surface area contributed by atoms with E-state index in [0.717, 1.165) is 46.6 Å². The summed E-state index contributed by atoms with van der Waals surface area (Å²) in [6.07, 6.45) is 4.28. The van der Waals surface area contributed by atoms with Gasteiger partial charge in [-0.15, -0.1) is 0 Å². The third-order valence-electron chi connectivity index (χ3n) is 7.27. The molecule has 43 heavy (non-hydrogen) atoms. The number of nitrogens with zero attached hydrogens (tertiary/aromatic N) is 3. The number of imidazole rings is 1. The second-order valence-corrected chi connectivity index (χ2v) is 10.2. The van der Waals surface area contributed by atoms with E-state index in [9.17, 15) is 0 Å². The topological polar surface area (TPSA) is 129 Å². The van der Waals surface area contributed by atoms with Gasteiger partial charge in [0, 0.05) is 42.8 Å². The number of nitrogens with two attached hydrogens (primary N) is 1. The number of aryl methyl sites for hydroxylation is 1. The molecule has 1 unspecified atom stereocenters. The zero-order valence-corrected chi connectivity index (χ0v) is 24.2. The van der Waals surface area contributed by atoms with Gasteiger partial charge in [-0.25, -0.2) is 14.4 Å². The minimum absolute atomic E-state index is 0.251. The van der Waals surface area contributed by atoms with Crippen molar-refractivity contribution in [2.75, 3.05) is 42.3 Å². The van der Waals surface area contributed by atoms with Crippen LogP contribution < -0.4 is 16.0 Å². The fraction of sp³-hybridized carbons (Fsp3) is 0.242. The van der Waals surface area contributed by atoms with E-state index in [4.69, 9.17) is 25.4 Å². The quantitative estimate of drug-likeness (QED) is 0.183. The molecule has 1 aliphatic heterocycles. The third kappa shape index (κ3) is 6.92. The van der Waals surface area contributed by atoms with Gasteiger partial charge in [-0.3, -0.25) is 4.79 Å². The van der Waals surface area contributed by atoms with Gasteiger partial charge in [0.05, 0.1) is 30.8 Å². The molecule has 1 fully saturated rings. The van der Waals surface area contributed by atoms with Crippen LogP contribution in [0.1, 0.15) is 36.8 Å². The lowest BCUT2D eigenvalue weighted by atomic mass is 9.98. The summed E-state index contributed by atoms with van der Waals surface area (Å²) in [5.41, 5.74) is 11.0. The molecule has 6 rings (SSSR count). The van der Waals surface area contributed by atoms with Crippen LogP contribution in [-0.2, 0) is 16.0 Å². The Bertz CT molecular complexity index is 1700. The van der Waals surface area contributed by atoms with Crippen molar-refractivity contribution in [3.05, 3.63) is 102 Å². The Morgan fingerprint density at radius 3 is 2.58 bits per heavy atom. The Morgan fingerprint density at radius 2 is 1.86 bits per heavy atom. The number of aromatic amines is 1. The minimum Gasteiger partial charge on any atom is -0.481 e. The standard InChI is InChI=1S/C31H31FN6O.C2H4O2/c1-2-20-16-25(28(32)27(17-20)38-12-14-39-15-13-38)29(31-35-19-26(37-31)21-6-4-3-5-7-21)36-23-8-9-24-22(18-23)10-11-34-30(24)33;1-2(3)4/h3-11,16-19,29,36H,2,12-15H2,1H3,(H2,33,34)(H,35,37);1H3,(H,3,4). The van der Waals surface area contributed by atoms with Crippen molar-refractivity contribution in [3.8, 4) is 11.3 Å². The van der Waals surface area contributed by atoms with Crippen molar-refractivity contribution in [1.82, 2.24) is 15.0 Å². The molecule has 2 aromatic heterocycles. The maximum Gasteiger partial charge on any atom is 0.300 e. The van der Waals surface area contributed by atoms with Gasteiger partial charge in [-0.05, 0) is 53.3 Å². The minimum atomic E-state index is -0.833. The molecule has 5 N–H and O–H groups in total. The van der Waals surface area contributed by atoms with Gasteiger partial charge in [0.2, 0.25) is 0 Å². The lowest BCUT2D eigenvalue weighted by Gasteiger charge is -2.31. The number of nitrogens with one attached hydrogen (secondary N) is 2. The highest BCUT2D eigenvalue weighted by molar-refractivity contribution is 5.93. The SMILES string of the molecule is CC(=O)O.CCc1cc(C(Nc2ccc3c(N)nccc3c2)c2ncc(-c3ccccc3)[nH]2)c(F)c(N2CCOCC2)c1. The third-order valence-corrected chi connectivity index (χ3v) is 7.27. The number of rotatable bonds is 7. The summed E-state index contributed by atoms with van der Waals surface area (Å²) < 4.78 is 22.0. The predicted octanol–water partition coefficient (Wildman–Crippen LogP) is 6.04. The summed E-state index contributed by atoms with van der Waals surface area (Å²) in [5, 5.41) is 12.8. The number of ether oxygens (including phenoxy) is 1. The Hall–Kier alpha value is -4.96. The molecule has 222 valence electrons. The van der Waals surface area contributed by atoms with Gasteiger partial charge >= 0.3 is 0 Å². The van der Waals surface area contributed by atoms with Crippen LogP contribution in [0.5, 0.6) is 0 Å². The van der Waals surface area contributed by atoms with Crippen LogP contribution in [-0.4, -0.2) is 52.3 Å². The zero-order chi connectivity index (χ0) is 30.3. The molecule has 3 aromatic carbocycles. The summed E-state index contributed by atoms with van der Waals surface area (Å²) in [7, 11) is 0. The number of fused-ring (bicyclic) bond motifs is 1. The maximum absolute atomic E-state index is 16.5. The Labute approximate surface area is 249 Å². The first-order valence-corrected chi connectivity index (χ1v) is 14.2. The molecule has 9 nitrogen and oxygen atoms in total. The molecule has 0 bridgehead atoms. The van der Waals surface area contributed by atoms with Crippen molar-refractivity contribution in [2.24, 2.45) is 0 Å². The molecular formula is C33H35FN6O3. The van der Waals surface area contributed by atoms with Crippen molar-refractivity contribution >= 4 is 33.9 Å². The lowest BCUT2D eigenvalue weighted by molar-refractivity contribution is -0.134. The number of nitrogen functional groups attached to an aromatic ring is 1. The van der Waals surface area contributed by atoms with E-state index in [-0.39, 0.29) is 5.82 Å². The van der Waals surface area contributed by atoms with E-state index >= 15 is 4.39 Å². The van der Waals surface area contributed by atoms with E-state index in [2.05, 4.69) is 27.1 Å². The predicted molar refractivity (Wildman–Crippen MR) is 168 cm³/mol. The first-order valence-electron chi connectivity index (χ1n) is 14.2. The average Bonchev–Trinajstić information content (AvgIpc) is 3.51. The molecule has 0 saturated carbocycles. The van der Waals surface area contributed by atoms with E-state index in [0.29, 0.717) is 49.2 Å². The molecule has 1 atom stereocenters. The summed E-state index contributed by atoms with van der Waals surface area (Å²) in [6, 6.07) is 21.2. The zero-order valence-electron chi connectivity index (χ0n) is 24.2. The van der Waals surface area contributed by atoms with Gasteiger partial charge in [0.25, 0.3) is 5.97 Å². The molecule has 3 heterocycles. The number of carbonyl (C=O) groups is 1. The number of hydrogen-bond acceptors (Lipinski definition) is 7. The number of H-pyrrole nitrogens is 1. The molecule has 5 aromatic rings. The second kappa shape index (κ2) is 13.3. The number of halogens is 1. The Kier molecular flexibility index (Phi) is 9.17. The number of carboxylic acids is 1. The maximum atomic E-state index is 16.5. The molecule has 0 amide bonds. The molecule has 0 spiro atoms. The molecule has 1 aliphatic rings. The highest BCUT2D eigenvalue weighted by atomic mass is 19.1. The molecule has 1 saturated heterocycles. The lowest BCUT2D eigenvalue weighted by Crippen LogP contribution is -2.37. The number of morpholine rings is 1. The van der Waals surface area contributed by atoms with E-state index in [1.165, 1.54) is 0 Å². The van der Waals surface area contributed by atoms with Gasteiger partial charge in [-0.1, -0.05) is 43.3 Å². The smallest absolute Gasteiger partial charge is 0.300 e. The number of hydrogen-bond donors (Lipinski definition) is 4. The van der Waals surface area contributed by atoms with E-state index in [1.807, 2.05) is 66.7 Å². The monoisotopic (exact) mass is 582 g/mol. The Morgan fingerprint density at radius 1 is 1.12 bits per heavy atom. The first-order chi connectivity index (χ1) is 20.8. The number of aliphatic carboxylic acids is 1. The van der Waals surface area contributed by atoms with Gasteiger partial charge < -0.3 is 30.8 Å². The van der Waals surface area contributed by atoms with Crippen molar-refractivity contribution < 1.29 is 19.0 Å². The van der Waals surface area contributed by atoms with Gasteiger partial charge in [0.1, 0.15) is 17.7 Å². The number of anilines is 3. The highest BCUT2D eigenvalue weighted by Crippen LogP contribution is 2.35. The molecule has 0 aliphatic carbocycles. The van der Waals surface area contributed by atoms with E-state index < -0.39 is 12.0 Å². The summed E-state index contributed by atoms with van der Waals surface area (Å²) in [5.74, 6) is 0.0211. The van der Waals surface area contributed by atoms with Crippen LogP contribution in [0.3, 0.4) is 0 Å². The van der Waals surface area contributed by atoms with Crippen LogP contribution in [0.4, 0.5) is 21.6 Å². The van der Waals surface area contributed by atoms with Crippen LogP contribution in [0.2, 0.25) is 0 Å². The molecule has 0 radical (unpaired) electrons. The van der Waals surface area contributed by atoms with Crippen molar-refractivity contribution in [1.29, 1.82) is 0 Å². The molecule has 10 heteroatoms. The van der Waals surface area contributed by atoms with Gasteiger partial charge in [-0.2, -0.15) is 0 Å². The fourth-order valence-corrected chi connectivity index (χ4v) is 5.14. The molecular weight excluding hydrogens is 547 g/mol. The van der Waals surface area contributed by atoms with Crippen molar-refractivity contribution in [3.63, 3.8) is 0 Å². The number of aromatic nitrogens is 3. The van der Waals surface area contributed by atoms with E-state index in [1.54, 1.807) is 12.4 Å². The number of benzene rings is 3. The average molecular weight is 583 g/mol. The fourth-order valence-electron chi connectivity index (χ4n) is 5.14. The summed E-state index contributed by atoms with van der Waals surface area (Å²) >= 11 is 0. The van der Waals surface area contributed by atoms with Gasteiger partial charge in [0.15, 0.2) is 5.82 Å². The normalized spacial score (nSPS) is 13.7. The largest absolute Gasteiger partial charge is 0.481 e. The second-order valence-electron chi connectivity index (χ2n) is 10.2. The number of carboxylic acid groups (broad SMARTS) is 1. The first kappa shape index (κ1) is 29.5. The van der Waals surface area contributed by atoms with Crippen LogP contribution in [0, 0.1) is 5.82 Å². The summed E-state index contributed by atoms with van der Waals surface area (Å²) in [6.45, 7) is 5.65. The Balaban J connectivity index is 0.000000868. The highest BCUT2D eigenvalue weighted by Gasteiger charge is 2.26. The number of pyridine rings is 1.